The number of aryl methyl sites for hydroxylation is 1. The molecule has 1 aliphatic heterocycles. The monoisotopic (exact) mass is 556 g/mol. The summed E-state index contributed by atoms with van der Waals surface area (Å²) in [6, 6.07) is 38.3. The number of hydrogen-bond acceptors (Lipinski definition) is 6. The molecule has 1 N–H and O–H groups in total. The van der Waals surface area contributed by atoms with Gasteiger partial charge in [-0.3, -0.25) is 0 Å². The van der Waals surface area contributed by atoms with Crippen molar-refractivity contribution in [3.05, 3.63) is 138 Å². The van der Waals surface area contributed by atoms with Gasteiger partial charge in [-0.05, 0) is 35.7 Å². The molecule has 4 aromatic carbocycles. The zero-order valence-electron chi connectivity index (χ0n) is 22.7. The maximum Gasteiger partial charge on any atom is 0.136 e. The van der Waals surface area contributed by atoms with Gasteiger partial charge in [0.2, 0.25) is 0 Å². The summed E-state index contributed by atoms with van der Waals surface area (Å²) < 4.78 is 25.6. The van der Waals surface area contributed by atoms with E-state index in [1.54, 1.807) is 0 Å². The third kappa shape index (κ3) is 8.04. The van der Waals surface area contributed by atoms with Gasteiger partial charge < -0.3 is 24.1 Å². The van der Waals surface area contributed by atoms with Gasteiger partial charge >= 0.3 is 0 Å². The Hall–Kier alpha value is -2.97. The van der Waals surface area contributed by atoms with E-state index >= 15 is 0 Å². The lowest BCUT2D eigenvalue weighted by Crippen LogP contribution is -2.59. The van der Waals surface area contributed by atoms with Crippen LogP contribution in [0.1, 0.15) is 22.3 Å². The molecule has 6 heteroatoms. The molecule has 1 saturated heterocycles. The average molecular weight is 557 g/mol. The predicted molar refractivity (Wildman–Crippen MR) is 158 cm³/mol. The quantitative estimate of drug-likeness (QED) is 0.213. The summed E-state index contributed by atoms with van der Waals surface area (Å²) in [5, 5.41) is 11.6. The minimum Gasteiger partial charge on any atom is -0.387 e. The van der Waals surface area contributed by atoms with Gasteiger partial charge in [0.15, 0.2) is 0 Å². The van der Waals surface area contributed by atoms with Crippen molar-refractivity contribution in [3.63, 3.8) is 0 Å². The van der Waals surface area contributed by atoms with Gasteiger partial charge in [-0.25, -0.2) is 0 Å². The molecule has 5 rings (SSSR count). The van der Waals surface area contributed by atoms with Crippen LogP contribution in [0.25, 0.3) is 0 Å². The molecule has 1 aliphatic rings. The molecule has 0 spiro atoms. The zero-order valence-corrected chi connectivity index (χ0v) is 23.5. The SMILES string of the molecule is Cc1ccc(SC2OC(COCc3ccccc3)C(OCc3ccccc3)C(OCc3ccccc3)C2O)cc1. The highest BCUT2D eigenvalue weighted by Crippen LogP contribution is 2.36. The molecular weight excluding hydrogens is 520 g/mol. The minimum absolute atomic E-state index is 0.303. The van der Waals surface area contributed by atoms with Crippen molar-refractivity contribution >= 4 is 11.8 Å². The Morgan fingerprint density at radius 1 is 0.650 bits per heavy atom. The number of ether oxygens (including phenoxy) is 4. The fraction of sp³-hybridized carbons (Fsp3) is 0.294. The molecule has 0 aliphatic carbocycles. The Morgan fingerprint density at radius 3 is 1.70 bits per heavy atom. The molecule has 208 valence electrons. The Kier molecular flexibility index (Phi) is 10.4. The van der Waals surface area contributed by atoms with Crippen molar-refractivity contribution < 1.29 is 24.1 Å². The van der Waals surface area contributed by atoms with Crippen molar-refractivity contribution in [1.29, 1.82) is 0 Å². The normalized spacial score (nSPS) is 22.7. The van der Waals surface area contributed by atoms with Crippen LogP contribution < -0.4 is 0 Å². The number of rotatable bonds is 12. The molecule has 40 heavy (non-hydrogen) atoms. The summed E-state index contributed by atoms with van der Waals surface area (Å²) in [6.07, 6.45) is -2.52. The molecule has 5 unspecified atom stereocenters. The van der Waals surface area contributed by atoms with Crippen molar-refractivity contribution in [2.75, 3.05) is 6.61 Å². The van der Waals surface area contributed by atoms with Gasteiger partial charge in [0, 0.05) is 4.90 Å². The first-order valence-electron chi connectivity index (χ1n) is 13.7. The second kappa shape index (κ2) is 14.6. The molecule has 0 radical (unpaired) electrons. The van der Waals surface area contributed by atoms with E-state index in [1.165, 1.54) is 17.3 Å². The van der Waals surface area contributed by atoms with Gasteiger partial charge in [0.05, 0.1) is 26.4 Å². The second-order valence-corrected chi connectivity index (χ2v) is 11.2. The second-order valence-electron chi connectivity index (χ2n) is 9.99. The first-order chi connectivity index (χ1) is 19.7. The third-order valence-corrected chi connectivity index (χ3v) is 8.02. The van der Waals surface area contributed by atoms with Gasteiger partial charge in [-0.2, -0.15) is 0 Å². The highest BCUT2D eigenvalue weighted by atomic mass is 32.2. The van der Waals surface area contributed by atoms with Gasteiger partial charge in [-0.15, -0.1) is 0 Å². The molecule has 0 amide bonds. The maximum absolute atomic E-state index is 11.6. The Bertz CT molecular complexity index is 1270. The van der Waals surface area contributed by atoms with Crippen LogP contribution in [0.3, 0.4) is 0 Å². The Balaban J connectivity index is 1.37. The van der Waals surface area contributed by atoms with Gasteiger partial charge in [0.1, 0.15) is 29.9 Å². The molecule has 0 aromatic heterocycles. The average Bonchev–Trinajstić information content (AvgIpc) is 3.00. The molecule has 1 heterocycles. The molecule has 5 nitrogen and oxygen atoms in total. The van der Waals surface area contributed by atoms with E-state index in [0.717, 1.165) is 21.6 Å². The molecule has 5 atom stereocenters. The van der Waals surface area contributed by atoms with Crippen LogP contribution in [0.4, 0.5) is 0 Å². The highest BCUT2D eigenvalue weighted by Gasteiger charge is 2.47. The van der Waals surface area contributed by atoms with Gasteiger partial charge in [0.25, 0.3) is 0 Å². The third-order valence-electron chi connectivity index (χ3n) is 6.85. The fourth-order valence-corrected chi connectivity index (χ4v) is 5.72. The van der Waals surface area contributed by atoms with E-state index in [4.69, 9.17) is 18.9 Å². The van der Waals surface area contributed by atoms with Crippen LogP contribution in [0.2, 0.25) is 0 Å². The first kappa shape index (κ1) is 28.6. The predicted octanol–water partition coefficient (Wildman–Crippen LogP) is 6.56. The van der Waals surface area contributed by atoms with E-state index in [0.29, 0.717) is 26.4 Å². The smallest absolute Gasteiger partial charge is 0.136 e. The van der Waals surface area contributed by atoms with Crippen LogP contribution in [0.15, 0.2) is 120 Å². The summed E-state index contributed by atoms with van der Waals surface area (Å²) in [7, 11) is 0. The molecule has 1 fully saturated rings. The van der Waals surface area contributed by atoms with Crippen LogP contribution in [0.5, 0.6) is 0 Å². The number of hydrogen-bond donors (Lipinski definition) is 1. The summed E-state index contributed by atoms with van der Waals surface area (Å²) in [5.41, 5.74) is 3.79. The molecular formula is C34H36O5S. The standard InChI is InChI=1S/C34H36O5S/c1-25-17-19-29(20-18-25)40-34-31(35)33(38-23-28-15-9-4-10-16-28)32(37-22-27-13-7-3-8-14-27)30(39-34)24-36-21-26-11-5-2-6-12-26/h2-20,30-35H,21-24H2,1H3. The van der Waals surface area contributed by atoms with Crippen LogP contribution in [-0.2, 0) is 38.8 Å². The first-order valence-corrected chi connectivity index (χ1v) is 14.5. The molecule has 0 bridgehead atoms. The van der Waals surface area contributed by atoms with E-state index in [2.05, 4.69) is 31.2 Å². The van der Waals surface area contributed by atoms with Gasteiger partial charge in [-0.1, -0.05) is 120 Å². The molecule has 4 aromatic rings. The topological polar surface area (TPSA) is 57.2 Å². The van der Waals surface area contributed by atoms with Crippen molar-refractivity contribution in [2.45, 2.75) is 61.5 Å². The minimum atomic E-state index is -0.916. The summed E-state index contributed by atoms with van der Waals surface area (Å²) in [5.74, 6) is 0. The van der Waals surface area contributed by atoms with E-state index in [9.17, 15) is 5.11 Å². The number of thioether (sulfide) groups is 1. The van der Waals surface area contributed by atoms with Crippen molar-refractivity contribution in [1.82, 2.24) is 0 Å². The fourth-order valence-electron chi connectivity index (χ4n) is 4.67. The summed E-state index contributed by atoms with van der Waals surface area (Å²) >= 11 is 1.49. The van der Waals surface area contributed by atoms with E-state index in [1.807, 2.05) is 91.0 Å². The number of aliphatic hydroxyl groups is 1. The van der Waals surface area contributed by atoms with E-state index < -0.39 is 29.9 Å². The van der Waals surface area contributed by atoms with Crippen LogP contribution in [0, 0.1) is 6.92 Å². The van der Waals surface area contributed by atoms with Crippen LogP contribution in [-0.4, -0.2) is 41.6 Å². The summed E-state index contributed by atoms with van der Waals surface area (Å²) in [6.45, 7) is 3.55. The Labute approximate surface area is 241 Å². The summed E-state index contributed by atoms with van der Waals surface area (Å²) in [4.78, 5) is 1.02. The zero-order chi connectivity index (χ0) is 27.6. The van der Waals surface area contributed by atoms with Crippen LogP contribution >= 0.6 is 11.8 Å². The van der Waals surface area contributed by atoms with Crippen molar-refractivity contribution in [3.8, 4) is 0 Å². The lowest BCUT2D eigenvalue weighted by molar-refractivity contribution is -0.243. The van der Waals surface area contributed by atoms with E-state index in [-0.39, 0.29) is 0 Å². The number of benzene rings is 4. The lowest BCUT2D eigenvalue weighted by Gasteiger charge is -2.44. The Morgan fingerprint density at radius 2 is 1.15 bits per heavy atom. The lowest BCUT2D eigenvalue weighted by atomic mass is 9.99. The molecule has 0 saturated carbocycles. The maximum atomic E-state index is 11.6. The number of aliphatic hydroxyl groups excluding tert-OH is 1. The highest BCUT2D eigenvalue weighted by molar-refractivity contribution is 7.99. The largest absolute Gasteiger partial charge is 0.387 e. The van der Waals surface area contributed by atoms with Crippen molar-refractivity contribution in [2.24, 2.45) is 0 Å².